The van der Waals surface area contributed by atoms with Gasteiger partial charge in [0.15, 0.2) is 0 Å². The summed E-state index contributed by atoms with van der Waals surface area (Å²) < 4.78 is 3.95. The fourth-order valence-corrected chi connectivity index (χ4v) is 4.71. The summed E-state index contributed by atoms with van der Waals surface area (Å²) in [5.41, 5.74) is 3.02. The minimum atomic E-state index is -0.883. The predicted molar refractivity (Wildman–Crippen MR) is 109 cm³/mol. The van der Waals surface area contributed by atoms with Gasteiger partial charge in [-0.2, -0.15) is 5.10 Å². The van der Waals surface area contributed by atoms with Crippen molar-refractivity contribution in [1.29, 1.82) is 0 Å². The van der Waals surface area contributed by atoms with E-state index in [1.54, 1.807) is 12.3 Å². The molecule has 7 heteroatoms. The number of rotatable bonds is 5. The van der Waals surface area contributed by atoms with Crippen LogP contribution in [0.3, 0.4) is 0 Å². The summed E-state index contributed by atoms with van der Waals surface area (Å²) in [6, 6.07) is 4.34. The van der Waals surface area contributed by atoms with Crippen LogP contribution >= 0.6 is 0 Å². The van der Waals surface area contributed by atoms with E-state index in [1.165, 1.54) is 0 Å². The van der Waals surface area contributed by atoms with Crippen LogP contribution in [0.1, 0.15) is 54.7 Å². The SMILES string of the molecule is Cc1c(C(=O)O)c2cccnc2n1C(C)C1CCC(Nc2cnn(C)c2)CC1. The van der Waals surface area contributed by atoms with Crippen LogP contribution in [0.25, 0.3) is 11.0 Å². The molecule has 1 saturated carbocycles. The van der Waals surface area contributed by atoms with Gasteiger partial charge in [-0.05, 0) is 57.6 Å². The van der Waals surface area contributed by atoms with E-state index in [-0.39, 0.29) is 6.04 Å². The van der Waals surface area contributed by atoms with Crippen molar-refractivity contribution in [3.63, 3.8) is 0 Å². The molecule has 1 atom stereocenters. The Kier molecular flexibility index (Phi) is 4.83. The van der Waals surface area contributed by atoms with E-state index < -0.39 is 5.97 Å². The Labute approximate surface area is 164 Å². The zero-order chi connectivity index (χ0) is 19.8. The molecule has 28 heavy (non-hydrogen) atoms. The fourth-order valence-electron chi connectivity index (χ4n) is 4.71. The first-order valence-electron chi connectivity index (χ1n) is 9.89. The van der Waals surface area contributed by atoms with E-state index in [4.69, 9.17) is 0 Å². The third-order valence-electron chi connectivity index (χ3n) is 6.16. The molecule has 0 aromatic carbocycles. The van der Waals surface area contributed by atoms with Crippen molar-refractivity contribution in [3.8, 4) is 0 Å². The quantitative estimate of drug-likeness (QED) is 0.697. The molecule has 1 fully saturated rings. The van der Waals surface area contributed by atoms with Crippen molar-refractivity contribution in [2.24, 2.45) is 13.0 Å². The number of fused-ring (bicyclic) bond motifs is 1. The Morgan fingerprint density at radius 3 is 2.71 bits per heavy atom. The number of carboxylic acids is 1. The molecule has 7 nitrogen and oxygen atoms in total. The standard InChI is InChI=1S/C21H27N5O2/c1-13(15-6-8-16(9-7-15)24-17-11-23-25(3)12-17)26-14(2)19(21(27)28)18-5-4-10-22-20(18)26/h4-5,10-13,15-16,24H,6-9H2,1-3H3,(H,27,28). The van der Waals surface area contributed by atoms with Gasteiger partial charge in [-0.15, -0.1) is 0 Å². The van der Waals surface area contributed by atoms with Crippen molar-refractivity contribution < 1.29 is 9.90 Å². The Morgan fingerprint density at radius 2 is 2.07 bits per heavy atom. The maximum absolute atomic E-state index is 11.8. The maximum Gasteiger partial charge on any atom is 0.338 e. The molecule has 0 amide bonds. The third-order valence-corrected chi connectivity index (χ3v) is 6.16. The van der Waals surface area contributed by atoms with Gasteiger partial charge in [0.1, 0.15) is 5.65 Å². The largest absolute Gasteiger partial charge is 0.478 e. The van der Waals surface area contributed by atoms with Gasteiger partial charge in [0, 0.05) is 42.6 Å². The summed E-state index contributed by atoms with van der Waals surface area (Å²) in [6.45, 7) is 4.10. The number of nitrogens with zero attached hydrogens (tertiary/aromatic N) is 4. The van der Waals surface area contributed by atoms with Crippen LogP contribution < -0.4 is 5.32 Å². The predicted octanol–water partition coefficient (Wildman–Crippen LogP) is 4.01. The van der Waals surface area contributed by atoms with Crippen molar-refractivity contribution in [1.82, 2.24) is 19.3 Å². The van der Waals surface area contributed by atoms with Crippen molar-refractivity contribution >= 4 is 22.7 Å². The molecule has 148 valence electrons. The van der Waals surface area contributed by atoms with Gasteiger partial charge >= 0.3 is 5.97 Å². The van der Waals surface area contributed by atoms with Crippen LogP contribution in [0.5, 0.6) is 0 Å². The highest BCUT2D eigenvalue weighted by atomic mass is 16.4. The van der Waals surface area contributed by atoms with E-state index in [1.807, 2.05) is 37.1 Å². The summed E-state index contributed by atoms with van der Waals surface area (Å²) in [5, 5.41) is 18.2. The molecule has 0 aliphatic heterocycles. The maximum atomic E-state index is 11.8. The molecule has 1 aliphatic carbocycles. The lowest BCUT2D eigenvalue weighted by Gasteiger charge is -2.34. The highest BCUT2D eigenvalue weighted by Crippen LogP contribution is 2.37. The topological polar surface area (TPSA) is 85.0 Å². The lowest BCUT2D eigenvalue weighted by atomic mass is 9.82. The van der Waals surface area contributed by atoms with Crippen LogP contribution in [0.2, 0.25) is 0 Å². The Bertz CT molecular complexity index is 998. The lowest BCUT2D eigenvalue weighted by molar-refractivity contribution is 0.0697. The van der Waals surface area contributed by atoms with Gasteiger partial charge in [-0.1, -0.05) is 0 Å². The molecule has 4 rings (SSSR count). The van der Waals surface area contributed by atoms with Gasteiger partial charge in [0.05, 0.1) is 17.4 Å². The summed E-state index contributed by atoms with van der Waals surface area (Å²) in [5.74, 6) is -0.379. The molecule has 2 N–H and O–H groups in total. The second kappa shape index (κ2) is 7.30. The second-order valence-electron chi connectivity index (χ2n) is 7.91. The molecular weight excluding hydrogens is 354 g/mol. The molecule has 0 radical (unpaired) electrons. The molecular formula is C21H27N5O2. The summed E-state index contributed by atoms with van der Waals surface area (Å²) in [6.07, 6.45) is 10.0. The van der Waals surface area contributed by atoms with Gasteiger partial charge in [0.25, 0.3) is 0 Å². The third kappa shape index (κ3) is 3.25. The molecule has 0 saturated heterocycles. The van der Waals surface area contributed by atoms with Crippen LogP contribution in [-0.4, -0.2) is 36.4 Å². The van der Waals surface area contributed by atoms with Gasteiger partial charge in [-0.3, -0.25) is 4.68 Å². The zero-order valence-electron chi connectivity index (χ0n) is 16.6. The van der Waals surface area contributed by atoms with Crippen LogP contribution in [0.4, 0.5) is 5.69 Å². The van der Waals surface area contributed by atoms with Crippen LogP contribution in [0.15, 0.2) is 30.7 Å². The van der Waals surface area contributed by atoms with Gasteiger partial charge in [-0.25, -0.2) is 9.78 Å². The lowest BCUT2D eigenvalue weighted by Crippen LogP contribution is -2.29. The fraction of sp³-hybridized carbons (Fsp3) is 0.476. The minimum absolute atomic E-state index is 0.213. The first-order valence-corrected chi connectivity index (χ1v) is 9.89. The average molecular weight is 381 g/mol. The van der Waals surface area contributed by atoms with Crippen LogP contribution in [-0.2, 0) is 7.05 Å². The molecule has 3 aromatic rings. The van der Waals surface area contributed by atoms with Gasteiger partial charge in [0.2, 0.25) is 0 Å². The summed E-state index contributed by atoms with van der Waals surface area (Å²) >= 11 is 0. The Morgan fingerprint density at radius 1 is 1.32 bits per heavy atom. The van der Waals surface area contributed by atoms with Crippen molar-refractivity contribution in [2.45, 2.75) is 51.6 Å². The molecule has 0 bridgehead atoms. The highest BCUT2D eigenvalue weighted by Gasteiger charge is 2.30. The second-order valence-corrected chi connectivity index (χ2v) is 7.91. The monoisotopic (exact) mass is 381 g/mol. The smallest absolute Gasteiger partial charge is 0.338 e. The summed E-state index contributed by atoms with van der Waals surface area (Å²) in [4.78, 5) is 16.3. The number of carboxylic acid groups (broad SMARTS) is 1. The first kappa shape index (κ1) is 18.5. The molecule has 1 aliphatic rings. The molecule has 0 spiro atoms. The number of anilines is 1. The number of pyridine rings is 1. The first-order chi connectivity index (χ1) is 13.5. The molecule has 3 heterocycles. The van der Waals surface area contributed by atoms with Crippen molar-refractivity contribution in [2.75, 3.05) is 5.32 Å². The number of hydrogen-bond donors (Lipinski definition) is 2. The van der Waals surface area contributed by atoms with E-state index in [0.717, 1.165) is 48.1 Å². The Hall–Kier alpha value is -2.83. The summed E-state index contributed by atoms with van der Waals surface area (Å²) in [7, 11) is 1.92. The van der Waals surface area contributed by atoms with Gasteiger partial charge < -0.3 is 15.0 Å². The average Bonchev–Trinajstić information content (AvgIpc) is 3.21. The van der Waals surface area contributed by atoms with E-state index in [0.29, 0.717) is 17.5 Å². The zero-order valence-corrected chi connectivity index (χ0v) is 16.6. The number of aromatic carboxylic acids is 1. The minimum Gasteiger partial charge on any atom is -0.478 e. The number of nitrogens with one attached hydrogen (secondary N) is 1. The van der Waals surface area contributed by atoms with Crippen molar-refractivity contribution in [3.05, 3.63) is 42.0 Å². The Balaban J connectivity index is 1.52. The number of aryl methyl sites for hydroxylation is 1. The van der Waals surface area contributed by atoms with E-state index in [2.05, 4.69) is 26.9 Å². The number of hydrogen-bond acceptors (Lipinski definition) is 4. The molecule has 3 aromatic heterocycles. The van der Waals surface area contributed by atoms with E-state index in [9.17, 15) is 9.90 Å². The number of carbonyl (C=O) groups is 1. The number of aromatic nitrogens is 4. The van der Waals surface area contributed by atoms with Crippen LogP contribution in [0, 0.1) is 12.8 Å². The molecule has 1 unspecified atom stereocenters. The highest BCUT2D eigenvalue weighted by molar-refractivity contribution is 6.04. The van der Waals surface area contributed by atoms with E-state index >= 15 is 0 Å². The normalized spacial score (nSPS) is 21.0.